The Morgan fingerprint density at radius 3 is 2.53 bits per heavy atom. The largest absolute Gasteiger partial charge is 0.493 e. The van der Waals surface area contributed by atoms with Crippen LogP contribution in [0.3, 0.4) is 0 Å². The zero-order valence-corrected chi connectivity index (χ0v) is 21.4. The lowest BCUT2D eigenvalue weighted by Gasteiger charge is -2.18. The zero-order chi connectivity index (χ0) is 24.5. The van der Waals surface area contributed by atoms with Crippen LogP contribution in [0.1, 0.15) is 39.6 Å². The minimum Gasteiger partial charge on any atom is -0.493 e. The molecule has 0 saturated heterocycles. The van der Waals surface area contributed by atoms with E-state index in [0.717, 1.165) is 16.5 Å². The van der Waals surface area contributed by atoms with Gasteiger partial charge in [-0.2, -0.15) is 0 Å². The number of ether oxygens (including phenoxy) is 1. The number of carbonyl (C=O) groups excluding carboxylic acids is 2. The van der Waals surface area contributed by atoms with Crippen LogP contribution in [0.4, 0.5) is 5.69 Å². The molecule has 0 aromatic heterocycles. The van der Waals surface area contributed by atoms with Crippen molar-refractivity contribution in [2.24, 2.45) is 0 Å². The highest BCUT2D eigenvalue weighted by molar-refractivity contribution is 9.10. The average Bonchev–Trinajstić information content (AvgIpc) is 2.83. The summed E-state index contributed by atoms with van der Waals surface area (Å²) in [6, 6.07) is 22.0. The fraction of sp³-hybridized carbons (Fsp3) is 0.192. The van der Waals surface area contributed by atoms with E-state index in [2.05, 4.69) is 26.6 Å². The molecule has 0 radical (unpaired) electrons. The highest BCUT2D eigenvalue weighted by Gasteiger charge is 2.16. The van der Waals surface area contributed by atoms with E-state index in [1.165, 1.54) is 0 Å². The Hall–Kier alpha value is -3.23. The van der Waals surface area contributed by atoms with E-state index in [9.17, 15) is 9.59 Å². The predicted molar refractivity (Wildman–Crippen MR) is 142 cm³/mol. The van der Waals surface area contributed by atoms with E-state index in [1.807, 2.05) is 43.3 Å². The fourth-order valence-electron chi connectivity index (χ4n) is 3.23. The third-order valence-electron chi connectivity index (χ3n) is 4.85. The molecule has 0 heterocycles. The molecule has 0 spiro atoms. The van der Waals surface area contributed by atoms with Crippen molar-refractivity contribution in [2.75, 3.05) is 19.0 Å². The van der Waals surface area contributed by atoms with E-state index in [-0.39, 0.29) is 16.9 Å². The van der Waals surface area contributed by atoms with Crippen molar-refractivity contribution in [2.45, 2.75) is 19.9 Å². The highest BCUT2D eigenvalue weighted by atomic mass is 79.9. The quantitative estimate of drug-likeness (QED) is 0.362. The first kappa shape index (κ1) is 25.4. The standard InChI is InChI=1S/C26H26BrN3O3S/c1-3-14-33-23-13-12-20(27)16-22(23)24(31)29-26(34)28-21-11-7-10-19(15-21)25(32)30(2)17-18-8-5-4-6-9-18/h4-13,15-16H,3,14,17H2,1-2H3,(H2,28,29,31,34). The normalized spacial score (nSPS) is 10.3. The first-order valence-corrected chi connectivity index (χ1v) is 12.0. The number of amides is 2. The molecule has 0 aliphatic heterocycles. The minimum absolute atomic E-state index is 0.116. The zero-order valence-electron chi connectivity index (χ0n) is 19.0. The fourth-order valence-corrected chi connectivity index (χ4v) is 3.80. The number of thiocarbonyl (C=S) groups is 1. The number of benzene rings is 3. The maximum Gasteiger partial charge on any atom is 0.261 e. The summed E-state index contributed by atoms with van der Waals surface area (Å²) in [7, 11) is 1.76. The van der Waals surface area contributed by atoms with Gasteiger partial charge < -0.3 is 15.0 Å². The smallest absolute Gasteiger partial charge is 0.261 e. The van der Waals surface area contributed by atoms with Crippen LogP contribution in [0.15, 0.2) is 77.3 Å². The summed E-state index contributed by atoms with van der Waals surface area (Å²) in [4.78, 5) is 27.4. The summed E-state index contributed by atoms with van der Waals surface area (Å²) < 4.78 is 6.44. The molecule has 0 aliphatic rings. The SMILES string of the molecule is CCCOc1ccc(Br)cc1C(=O)NC(=S)Nc1cccc(C(=O)N(C)Cc2ccccc2)c1. The number of nitrogens with one attached hydrogen (secondary N) is 2. The first-order chi connectivity index (χ1) is 16.4. The third kappa shape index (κ3) is 7.13. The van der Waals surface area contributed by atoms with Gasteiger partial charge in [0.25, 0.3) is 11.8 Å². The van der Waals surface area contributed by atoms with Gasteiger partial charge in [-0.05, 0) is 60.6 Å². The lowest BCUT2D eigenvalue weighted by atomic mass is 10.1. The lowest BCUT2D eigenvalue weighted by Crippen LogP contribution is -2.34. The van der Waals surface area contributed by atoms with Gasteiger partial charge in [0.2, 0.25) is 0 Å². The topological polar surface area (TPSA) is 70.7 Å². The van der Waals surface area contributed by atoms with Gasteiger partial charge in [0.05, 0.1) is 12.2 Å². The van der Waals surface area contributed by atoms with E-state index >= 15 is 0 Å². The Bertz CT molecular complexity index is 1170. The summed E-state index contributed by atoms with van der Waals surface area (Å²) in [5.74, 6) is -0.0200. The Morgan fingerprint density at radius 2 is 1.79 bits per heavy atom. The van der Waals surface area contributed by atoms with Gasteiger partial charge >= 0.3 is 0 Å². The molecule has 0 fully saturated rings. The number of rotatable bonds is 8. The molecule has 2 amide bonds. The number of nitrogens with zero attached hydrogens (tertiary/aromatic N) is 1. The second-order valence-corrected chi connectivity index (χ2v) is 8.95. The van der Waals surface area contributed by atoms with Crippen LogP contribution in [-0.4, -0.2) is 35.5 Å². The van der Waals surface area contributed by atoms with Crippen LogP contribution < -0.4 is 15.4 Å². The lowest BCUT2D eigenvalue weighted by molar-refractivity contribution is 0.0785. The van der Waals surface area contributed by atoms with Crippen LogP contribution >= 0.6 is 28.1 Å². The van der Waals surface area contributed by atoms with Crippen molar-refractivity contribution in [3.63, 3.8) is 0 Å². The monoisotopic (exact) mass is 539 g/mol. The van der Waals surface area contributed by atoms with Crippen molar-refractivity contribution in [1.29, 1.82) is 0 Å². The Morgan fingerprint density at radius 1 is 1.03 bits per heavy atom. The van der Waals surface area contributed by atoms with Gasteiger partial charge in [-0.15, -0.1) is 0 Å². The summed E-state index contributed by atoms with van der Waals surface area (Å²) in [5, 5.41) is 5.78. The molecule has 0 aliphatic carbocycles. The second-order valence-electron chi connectivity index (χ2n) is 7.62. The van der Waals surface area contributed by atoms with Crippen molar-refractivity contribution in [3.05, 3.63) is 94.0 Å². The molecular weight excluding hydrogens is 514 g/mol. The van der Waals surface area contributed by atoms with Crippen molar-refractivity contribution in [3.8, 4) is 5.75 Å². The maximum absolute atomic E-state index is 12.9. The molecule has 3 aromatic rings. The number of halogens is 1. The molecular formula is C26H26BrN3O3S. The number of hydrogen-bond donors (Lipinski definition) is 2. The molecule has 0 bridgehead atoms. The molecule has 0 saturated carbocycles. The van der Waals surface area contributed by atoms with E-state index in [4.69, 9.17) is 17.0 Å². The summed E-state index contributed by atoms with van der Waals surface area (Å²) in [5.41, 5.74) is 2.53. The van der Waals surface area contributed by atoms with Gasteiger partial charge in [-0.25, -0.2) is 0 Å². The predicted octanol–water partition coefficient (Wildman–Crippen LogP) is 5.64. The molecule has 6 nitrogen and oxygen atoms in total. The molecule has 2 N–H and O–H groups in total. The summed E-state index contributed by atoms with van der Waals surface area (Å²) >= 11 is 8.72. The van der Waals surface area contributed by atoms with Crippen LogP contribution in [0, 0.1) is 0 Å². The first-order valence-electron chi connectivity index (χ1n) is 10.8. The number of carbonyl (C=O) groups is 2. The van der Waals surface area contributed by atoms with Gasteiger partial charge in [-0.3, -0.25) is 14.9 Å². The molecule has 176 valence electrons. The van der Waals surface area contributed by atoms with Crippen LogP contribution in [0.5, 0.6) is 5.75 Å². The van der Waals surface area contributed by atoms with Gasteiger partial charge in [0.15, 0.2) is 5.11 Å². The van der Waals surface area contributed by atoms with Crippen LogP contribution in [-0.2, 0) is 6.54 Å². The Kier molecular flexibility index (Phi) is 9.18. The Labute approximate surface area is 213 Å². The number of anilines is 1. The van der Waals surface area contributed by atoms with Gasteiger partial charge in [0, 0.05) is 29.3 Å². The van der Waals surface area contributed by atoms with Crippen molar-refractivity contribution in [1.82, 2.24) is 10.2 Å². The second kappa shape index (κ2) is 12.3. The van der Waals surface area contributed by atoms with E-state index in [0.29, 0.717) is 35.7 Å². The van der Waals surface area contributed by atoms with Gasteiger partial charge in [-0.1, -0.05) is 59.3 Å². The molecule has 3 rings (SSSR count). The molecule has 0 unspecified atom stereocenters. The molecule has 8 heteroatoms. The maximum atomic E-state index is 12.9. The average molecular weight is 540 g/mol. The summed E-state index contributed by atoms with van der Waals surface area (Å²) in [6.07, 6.45) is 0.826. The molecule has 3 aromatic carbocycles. The number of hydrogen-bond acceptors (Lipinski definition) is 4. The van der Waals surface area contributed by atoms with Gasteiger partial charge in [0.1, 0.15) is 5.75 Å². The van der Waals surface area contributed by atoms with Crippen molar-refractivity contribution >= 4 is 50.8 Å². The summed E-state index contributed by atoms with van der Waals surface area (Å²) in [6.45, 7) is 3.00. The van der Waals surface area contributed by atoms with Crippen LogP contribution in [0.25, 0.3) is 0 Å². The highest BCUT2D eigenvalue weighted by Crippen LogP contribution is 2.23. The minimum atomic E-state index is -0.389. The molecule has 0 atom stereocenters. The Balaban J connectivity index is 1.65. The van der Waals surface area contributed by atoms with E-state index < -0.39 is 0 Å². The van der Waals surface area contributed by atoms with Crippen LogP contribution in [0.2, 0.25) is 0 Å². The third-order valence-corrected chi connectivity index (χ3v) is 5.55. The molecule has 34 heavy (non-hydrogen) atoms. The van der Waals surface area contributed by atoms with Crippen molar-refractivity contribution < 1.29 is 14.3 Å². The van der Waals surface area contributed by atoms with E-state index in [1.54, 1.807) is 48.3 Å².